The molecule has 2 fully saturated rings. The molecule has 25 heavy (non-hydrogen) atoms. The molecule has 2 aromatic rings. The van der Waals surface area contributed by atoms with Crippen molar-refractivity contribution in [2.75, 3.05) is 26.2 Å². The number of carbonyl (C=O) groups is 1. The second kappa shape index (κ2) is 7.64. The largest absolute Gasteiger partial charge is 0.376 e. The van der Waals surface area contributed by atoms with E-state index in [1.165, 1.54) is 4.88 Å². The van der Waals surface area contributed by atoms with Crippen molar-refractivity contribution in [2.45, 2.75) is 19.1 Å². The molecule has 1 N–H and O–H groups in total. The first-order valence-electron chi connectivity index (χ1n) is 8.84. The normalized spacial score (nSPS) is 26.3. The molecule has 0 unspecified atom stereocenters. The number of likely N-dealkylation sites (tertiary alicyclic amines) is 1. The minimum Gasteiger partial charge on any atom is -0.376 e. The number of fused-ring (bicyclic) bond motifs is 1. The van der Waals surface area contributed by atoms with Crippen molar-refractivity contribution in [3.8, 4) is 0 Å². The van der Waals surface area contributed by atoms with Gasteiger partial charge in [0.15, 0.2) is 0 Å². The van der Waals surface area contributed by atoms with Gasteiger partial charge in [0.05, 0.1) is 18.3 Å². The second-order valence-electron chi connectivity index (χ2n) is 6.85. The molecule has 2 aliphatic heterocycles. The number of hydrogen-bond donors (Lipinski definition) is 1. The molecule has 132 valence electrons. The average Bonchev–Trinajstić information content (AvgIpc) is 3.30. The van der Waals surface area contributed by atoms with Gasteiger partial charge < -0.3 is 10.1 Å². The SMILES string of the molecule is O=C(NC[C@H]1OC[C@@H]2CN(Cc3cccs3)CC[C@@H]21)c1cccnc1. The molecule has 5 nitrogen and oxygen atoms in total. The quantitative estimate of drug-likeness (QED) is 0.893. The molecule has 6 heteroatoms. The molecule has 0 bridgehead atoms. The summed E-state index contributed by atoms with van der Waals surface area (Å²) in [6.07, 6.45) is 4.54. The molecule has 0 saturated carbocycles. The lowest BCUT2D eigenvalue weighted by molar-refractivity contribution is 0.0743. The molecular weight excluding hydrogens is 334 g/mol. The summed E-state index contributed by atoms with van der Waals surface area (Å²) in [5.41, 5.74) is 0.600. The van der Waals surface area contributed by atoms with E-state index in [0.717, 1.165) is 32.7 Å². The summed E-state index contributed by atoms with van der Waals surface area (Å²) in [5, 5.41) is 5.15. The standard InChI is InChI=1S/C19H23N3O2S/c23-19(14-3-1-6-20-9-14)21-10-18-17-5-7-22(11-15(17)13-24-18)12-16-4-2-8-25-16/h1-4,6,8-9,15,17-18H,5,7,10-13H2,(H,21,23)/t15-,17-,18+/m0/s1. The van der Waals surface area contributed by atoms with Crippen LogP contribution in [0.1, 0.15) is 21.7 Å². The van der Waals surface area contributed by atoms with E-state index in [-0.39, 0.29) is 12.0 Å². The van der Waals surface area contributed by atoms with Gasteiger partial charge in [-0.25, -0.2) is 0 Å². The number of rotatable bonds is 5. The van der Waals surface area contributed by atoms with Crippen molar-refractivity contribution in [1.29, 1.82) is 0 Å². The summed E-state index contributed by atoms with van der Waals surface area (Å²) >= 11 is 1.83. The van der Waals surface area contributed by atoms with Gasteiger partial charge in [-0.2, -0.15) is 0 Å². The molecule has 3 atom stereocenters. The van der Waals surface area contributed by atoms with Gasteiger partial charge in [0.1, 0.15) is 0 Å². The Morgan fingerprint density at radius 2 is 2.36 bits per heavy atom. The zero-order valence-electron chi connectivity index (χ0n) is 14.1. The fourth-order valence-corrected chi connectivity index (χ4v) is 4.68. The van der Waals surface area contributed by atoms with Gasteiger partial charge in [0.2, 0.25) is 0 Å². The highest BCUT2D eigenvalue weighted by atomic mass is 32.1. The number of carbonyl (C=O) groups excluding carboxylic acids is 1. The maximum atomic E-state index is 12.2. The van der Waals surface area contributed by atoms with Gasteiger partial charge in [-0.1, -0.05) is 6.07 Å². The molecule has 0 aromatic carbocycles. The Balaban J connectivity index is 1.28. The van der Waals surface area contributed by atoms with Crippen LogP contribution >= 0.6 is 11.3 Å². The first-order chi connectivity index (χ1) is 12.3. The number of nitrogens with zero attached hydrogens (tertiary/aromatic N) is 2. The van der Waals surface area contributed by atoms with Gasteiger partial charge in [-0.05, 0) is 42.5 Å². The summed E-state index contributed by atoms with van der Waals surface area (Å²) in [5.74, 6) is 1.05. The molecule has 2 saturated heterocycles. The number of nitrogens with one attached hydrogen (secondary N) is 1. The maximum absolute atomic E-state index is 12.2. The zero-order chi connectivity index (χ0) is 17.1. The third-order valence-electron chi connectivity index (χ3n) is 5.23. The molecule has 0 spiro atoms. The molecule has 4 heterocycles. The minimum absolute atomic E-state index is 0.0738. The Morgan fingerprint density at radius 1 is 1.40 bits per heavy atom. The van der Waals surface area contributed by atoms with Gasteiger partial charge in [-0.15, -0.1) is 11.3 Å². The van der Waals surface area contributed by atoms with E-state index < -0.39 is 0 Å². The van der Waals surface area contributed by atoms with Crippen LogP contribution in [0.3, 0.4) is 0 Å². The summed E-state index contributed by atoms with van der Waals surface area (Å²) in [7, 11) is 0. The average molecular weight is 357 g/mol. The number of aromatic nitrogens is 1. The van der Waals surface area contributed by atoms with Gasteiger partial charge >= 0.3 is 0 Å². The van der Waals surface area contributed by atoms with Gasteiger partial charge in [0.25, 0.3) is 5.91 Å². The Hall–Kier alpha value is -1.76. The lowest BCUT2D eigenvalue weighted by Crippen LogP contribution is -2.43. The van der Waals surface area contributed by atoms with Crippen molar-refractivity contribution in [3.05, 3.63) is 52.5 Å². The topological polar surface area (TPSA) is 54.5 Å². The first-order valence-corrected chi connectivity index (χ1v) is 9.72. The Morgan fingerprint density at radius 3 is 3.16 bits per heavy atom. The highest BCUT2D eigenvalue weighted by Gasteiger charge is 2.40. The summed E-state index contributed by atoms with van der Waals surface area (Å²) in [6.45, 7) is 4.63. The van der Waals surface area contributed by atoms with Crippen LogP contribution in [0, 0.1) is 11.8 Å². The number of amides is 1. The molecule has 1 amide bonds. The molecule has 2 aliphatic rings. The summed E-state index contributed by atoms with van der Waals surface area (Å²) < 4.78 is 6.02. The third kappa shape index (κ3) is 3.92. The number of hydrogen-bond acceptors (Lipinski definition) is 5. The number of piperidine rings is 1. The van der Waals surface area contributed by atoms with Crippen LogP contribution in [0.5, 0.6) is 0 Å². The minimum atomic E-state index is -0.0738. The van der Waals surface area contributed by atoms with E-state index in [4.69, 9.17) is 4.74 Å². The fourth-order valence-electron chi connectivity index (χ4n) is 3.93. The third-order valence-corrected chi connectivity index (χ3v) is 6.09. The second-order valence-corrected chi connectivity index (χ2v) is 7.88. The Bertz CT molecular complexity index is 692. The van der Waals surface area contributed by atoms with E-state index in [0.29, 0.717) is 23.9 Å². The van der Waals surface area contributed by atoms with Crippen molar-refractivity contribution in [3.63, 3.8) is 0 Å². The van der Waals surface area contributed by atoms with E-state index in [2.05, 4.69) is 32.7 Å². The zero-order valence-corrected chi connectivity index (χ0v) is 15.0. The predicted molar refractivity (Wildman–Crippen MR) is 97.5 cm³/mol. The maximum Gasteiger partial charge on any atom is 0.252 e. The van der Waals surface area contributed by atoms with Crippen LogP contribution in [0.4, 0.5) is 0 Å². The number of thiophene rings is 1. The summed E-state index contributed by atoms with van der Waals surface area (Å²) in [6, 6.07) is 7.88. The first kappa shape index (κ1) is 16.7. The Kier molecular flexibility index (Phi) is 5.10. The van der Waals surface area contributed by atoms with Gasteiger partial charge in [0, 0.05) is 42.8 Å². The Labute approximate surface area is 152 Å². The van der Waals surface area contributed by atoms with Crippen LogP contribution < -0.4 is 5.32 Å². The predicted octanol–water partition coefficient (Wildman–Crippen LogP) is 2.41. The number of ether oxygens (including phenoxy) is 1. The molecule has 2 aromatic heterocycles. The molecule has 0 aliphatic carbocycles. The monoisotopic (exact) mass is 357 g/mol. The van der Waals surface area contributed by atoms with E-state index >= 15 is 0 Å². The highest BCUT2D eigenvalue weighted by molar-refractivity contribution is 7.09. The summed E-state index contributed by atoms with van der Waals surface area (Å²) in [4.78, 5) is 20.1. The van der Waals surface area contributed by atoms with Crippen molar-refractivity contribution >= 4 is 17.2 Å². The van der Waals surface area contributed by atoms with Crippen LogP contribution in [-0.4, -0.2) is 48.1 Å². The van der Waals surface area contributed by atoms with Crippen molar-refractivity contribution in [2.24, 2.45) is 11.8 Å². The lowest BCUT2D eigenvalue weighted by Gasteiger charge is -2.35. The highest BCUT2D eigenvalue weighted by Crippen LogP contribution is 2.34. The fraction of sp³-hybridized carbons (Fsp3) is 0.474. The molecule has 0 radical (unpaired) electrons. The van der Waals surface area contributed by atoms with Crippen molar-refractivity contribution in [1.82, 2.24) is 15.2 Å². The van der Waals surface area contributed by atoms with E-state index in [1.54, 1.807) is 24.5 Å². The van der Waals surface area contributed by atoms with Crippen LogP contribution in [0.25, 0.3) is 0 Å². The van der Waals surface area contributed by atoms with E-state index in [1.807, 2.05) is 11.3 Å². The van der Waals surface area contributed by atoms with Crippen LogP contribution in [-0.2, 0) is 11.3 Å². The van der Waals surface area contributed by atoms with Crippen molar-refractivity contribution < 1.29 is 9.53 Å². The van der Waals surface area contributed by atoms with Crippen LogP contribution in [0.2, 0.25) is 0 Å². The van der Waals surface area contributed by atoms with Crippen LogP contribution in [0.15, 0.2) is 42.0 Å². The number of pyridine rings is 1. The lowest BCUT2D eigenvalue weighted by atomic mass is 9.84. The molecular formula is C19H23N3O2S. The van der Waals surface area contributed by atoms with E-state index in [9.17, 15) is 4.79 Å². The van der Waals surface area contributed by atoms with Gasteiger partial charge in [-0.3, -0.25) is 14.7 Å². The smallest absolute Gasteiger partial charge is 0.252 e. The molecule has 4 rings (SSSR count).